The van der Waals surface area contributed by atoms with Gasteiger partial charge in [0.1, 0.15) is 5.82 Å². The lowest BCUT2D eigenvalue weighted by Gasteiger charge is -2.32. The molecule has 2 aromatic rings. The van der Waals surface area contributed by atoms with Crippen LogP contribution in [0.25, 0.3) is 11.4 Å². The number of aromatic amines is 1. The molecular formula is C20H27N5O. The largest absolute Gasteiger partial charge is 0.342 e. The number of hydrogen-bond donors (Lipinski definition) is 1. The summed E-state index contributed by atoms with van der Waals surface area (Å²) in [5.74, 6) is 2.94. The summed E-state index contributed by atoms with van der Waals surface area (Å²) in [7, 11) is 0. The number of piperidine rings is 1. The summed E-state index contributed by atoms with van der Waals surface area (Å²) in [4.78, 5) is 23.4. The number of hydrogen-bond acceptors (Lipinski definition) is 4. The van der Waals surface area contributed by atoms with Crippen LogP contribution < -0.4 is 0 Å². The van der Waals surface area contributed by atoms with Gasteiger partial charge >= 0.3 is 0 Å². The Kier molecular flexibility index (Phi) is 5.27. The second kappa shape index (κ2) is 7.98. The fraction of sp³-hybridized carbons (Fsp3) is 0.600. The van der Waals surface area contributed by atoms with Gasteiger partial charge in [-0.1, -0.05) is 25.7 Å². The van der Waals surface area contributed by atoms with Gasteiger partial charge in [0.25, 0.3) is 0 Å². The Morgan fingerprint density at radius 2 is 1.96 bits per heavy atom. The van der Waals surface area contributed by atoms with Gasteiger partial charge in [0, 0.05) is 43.4 Å². The molecule has 1 aliphatic heterocycles. The molecule has 2 aromatic heterocycles. The third kappa shape index (κ3) is 3.94. The first-order valence-electron chi connectivity index (χ1n) is 9.90. The van der Waals surface area contributed by atoms with Crippen LogP contribution in [0.3, 0.4) is 0 Å². The number of nitrogens with zero attached hydrogens (tertiary/aromatic N) is 4. The molecule has 1 amide bonds. The Balaban J connectivity index is 1.36. The summed E-state index contributed by atoms with van der Waals surface area (Å²) in [6.07, 6.45) is 12.7. The number of rotatable bonds is 5. The lowest BCUT2D eigenvalue weighted by molar-refractivity contribution is -0.132. The highest BCUT2D eigenvalue weighted by Gasteiger charge is 2.27. The minimum absolute atomic E-state index is 0.252. The molecule has 0 radical (unpaired) electrons. The minimum Gasteiger partial charge on any atom is -0.342 e. The van der Waals surface area contributed by atoms with Crippen LogP contribution in [-0.4, -0.2) is 44.1 Å². The van der Waals surface area contributed by atoms with Crippen molar-refractivity contribution in [2.75, 3.05) is 13.1 Å². The van der Waals surface area contributed by atoms with E-state index in [1.54, 1.807) is 12.4 Å². The monoisotopic (exact) mass is 353 g/mol. The topological polar surface area (TPSA) is 74.8 Å². The minimum atomic E-state index is 0.252. The molecule has 0 unspecified atom stereocenters. The van der Waals surface area contributed by atoms with Crippen LogP contribution >= 0.6 is 0 Å². The highest BCUT2D eigenvalue weighted by molar-refractivity contribution is 5.76. The molecule has 1 atom stereocenters. The van der Waals surface area contributed by atoms with Crippen LogP contribution in [0, 0.1) is 5.92 Å². The lowest BCUT2D eigenvalue weighted by atomic mass is 9.96. The predicted octanol–water partition coefficient (Wildman–Crippen LogP) is 3.54. The van der Waals surface area contributed by atoms with Crippen molar-refractivity contribution >= 4 is 5.91 Å². The highest BCUT2D eigenvalue weighted by atomic mass is 16.2. The smallest absolute Gasteiger partial charge is 0.222 e. The second-order valence-electron chi connectivity index (χ2n) is 7.65. The van der Waals surface area contributed by atoms with Crippen LogP contribution in [0.4, 0.5) is 0 Å². The van der Waals surface area contributed by atoms with Crippen LogP contribution in [0.15, 0.2) is 24.5 Å². The zero-order chi connectivity index (χ0) is 17.8. The number of carbonyl (C=O) groups is 1. The molecule has 1 saturated heterocycles. The van der Waals surface area contributed by atoms with Gasteiger partial charge < -0.3 is 4.90 Å². The van der Waals surface area contributed by atoms with E-state index in [-0.39, 0.29) is 5.92 Å². The van der Waals surface area contributed by atoms with E-state index in [0.29, 0.717) is 18.2 Å². The molecule has 0 bridgehead atoms. The molecule has 2 fully saturated rings. The maximum atomic E-state index is 12.6. The first-order valence-corrected chi connectivity index (χ1v) is 9.90. The number of aromatic nitrogens is 4. The summed E-state index contributed by atoms with van der Waals surface area (Å²) < 4.78 is 0. The van der Waals surface area contributed by atoms with Gasteiger partial charge in [0.15, 0.2) is 5.82 Å². The van der Waals surface area contributed by atoms with Crippen LogP contribution in [0.1, 0.15) is 63.1 Å². The standard InChI is InChI=1S/C20H27N5O/c26-18(8-7-15-4-1-2-5-15)25-13-3-6-17(14-25)20-22-19(23-24-20)16-9-11-21-12-10-16/h9-12,15,17H,1-8,13-14H2,(H,22,23,24)/t17-/m1/s1. The Morgan fingerprint density at radius 1 is 1.15 bits per heavy atom. The molecule has 4 rings (SSSR count). The summed E-state index contributed by atoms with van der Waals surface area (Å²) in [6, 6.07) is 3.82. The van der Waals surface area contributed by atoms with E-state index >= 15 is 0 Å². The van der Waals surface area contributed by atoms with Gasteiger partial charge in [-0.05, 0) is 37.3 Å². The third-order valence-electron chi connectivity index (χ3n) is 5.84. The van der Waals surface area contributed by atoms with Crippen molar-refractivity contribution in [2.24, 2.45) is 5.92 Å². The van der Waals surface area contributed by atoms with E-state index in [2.05, 4.69) is 20.2 Å². The van der Waals surface area contributed by atoms with E-state index in [9.17, 15) is 4.79 Å². The maximum Gasteiger partial charge on any atom is 0.222 e. The first-order chi connectivity index (χ1) is 12.8. The predicted molar refractivity (Wildman–Crippen MR) is 99.4 cm³/mol. The van der Waals surface area contributed by atoms with Crippen molar-refractivity contribution in [2.45, 2.75) is 57.3 Å². The van der Waals surface area contributed by atoms with Crippen molar-refractivity contribution < 1.29 is 4.79 Å². The second-order valence-corrected chi connectivity index (χ2v) is 7.65. The van der Waals surface area contributed by atoms with Crippen molar-refractivity contribution in [3.05, 3.63) is 30.4 Å². The summed E-state index contributed by atoms with van der Waals surface area (Å²) in [5, 5.41) is 7.44. The molecule has 0 spiro atoms. The van der Waals surface area contributed by atoms with Crippen molar-refractivity contribution in [3.63, 3.8) is 0 Å². The van der Waals surface area contributed by atoms with E-state index in [0.717, 1.165) is 49.7 Å². The zero-order valence-electron chi connectivity index (χ0n) is 15.2. The highest BCUT2D eigenvalue weighted by Crippen LogP contribution is 2.30. The number of carbonyl (C=O) groups excluding carboxylic acids is 1. The van der Waals surface area contributed by atoms with Gasteiger partial charge in [0.2, 0.25) is 5.91 Å². The van der Waals surface area contributed by atoms with Gasteiger partial charge in [-0.25, -0.2) is 4.98 Å². The van der Waals surface area contributed by atoms with Gasteiger partial charge in [-0.15, -0.1) is 0 Å². The molecule has 6 heteroatoms. The van der Waals surface area contributed by atoms with Gasteiger partial charge in [-0.2, -0.15) is 5.10 Å². The van der Waals surface area contributed by atoms with E-state index < -0.39 is 0 Å². The lowest BCUT2D eigenvalue weighted by Crippen LogP contribution is -2.39. The zero-order valence-corrected chi connectivity index (χ0v) is 15.2. The number of H-pyrrole nitrogens is 1. The molecular weight excluding hydrogens is 326 g/mol. The van der Waals surface area contributed by atoms with Crippen LogP contribution in [0.2, 0.25) is 0 Å². The molecule has 1 saturated carbocycles. The summed E-state index contributed by atoms with van der Waals surface area (Å²) in [5.41, 5.74) is 0.961. The maximum absolute atomic E-state index is 12.6. The van der Waals surface area contributed by atoms with E-state index in [1.165, 1.54) is 25.7 Å². The number of pyridine rings is 1. The normalized spacial score (nSPS) is 21.2. The van der Waals surface area contributed by atoms with E-state index in [4.69, 9.17) is 0 Å². The van der Waals surface area contributed by atoms with Crippen molar-refractivity contribution in [1.82, 2.24) is 25.1 Å². The molecule has 3 heterocycles. The Hall–Kier alpha value is -2.24. The SMILES string of the molecule is O=C(CCC1CCCC1)N1CCC[C@@H](c2nc(-c3ccncc3)n[nH]2)C1. The molecule has 138 valence electrons. The third-order valence-corrected chi connectivity index (χ3v) is 5.84. The van der Waals surface area contributed by atoms with Crippen molar-refractivity contribution in [1.29, 1.82) is 0 Å². The first kappa shape index (κ1) is 17.2. The number of likely N-dealkylation sites (tertiary alicyclic amines) is 1. The van der Waals surface area contributed by atoms with Crippen LogP contribution in [-0.2, 0) is 4.79 Å². The molecule has 26 heavy (non-hydrogen) atoms. The molecule has 1 aliphatic carbocycles. The molecule has 0 aromatic carbocycles. The number of nitrogens with one attached hydrogen (secondary N) is 1. The Morgan fingerprint density at radius 3 is 2.77 bits per heavy atom. The average Bonchev–Trinajstić information content (AvgIpc) is 3.39. The quantitative estimate of drug-likeness (QED) is 0.892. The molecule has 2 aliphatic rings. The number of amides is 1. The van der Waals surface area contributed by atoms with Gasteiger partial charge in [0.05, 0.1) is 0 Å². The fourth-order valence-electron chi connectivity index (χ4n) is 4.30. The van der Waals surface area contributed by atoms with E-state index in [1.807, 2.05) is 17.0 Å². The Labute approximate surface area is 154 Å². The average molecular weight is 353 g/mol. The molecule has 6 nitrogen and oxygen atoms in total. The van der Waals surface area contributed by atoms with Crippen LogP contribution in [0.5, 0.6) is 0 Å². The molecule has 1 N–H and O–H groups in total. The summed E-state index contributed by atoms with van der Waals surface area (Å²) >= 11 is 0. The van der Waals surface area contributed by atoms with Gasteiger partial charge in [-0.3, -0.25) is 14.9 Å². The Bertz CT molecular complexity index is 723. The van der Waals surface area contributed by atoms with Crippen molar-refractivity contribution in [3.8, 4) is 11.4 Å². The fourth-order valence-corrected chi connectivity index (χ4v) is 4.30. The summed E-state index contributed by atoms with van der Waals surface area (Å²) in [6.45, 7) is 1.64.